The SMILES string of the molecule is O=C(Nc1nnc(CS(=O)(=O)c2ccccc2)o1)c1cccc(N2C(=O)CCC2=O)c1. The van der Waals surface area contributed by atoms with E-state index in [2.05, 4.69) is 15.5 Å². The van der Waals surface area contributed by atoms with Crippen molar-refractivity contribution in [2.45, 2.75) is 23.5 Å². The maximum atomic E-state index is 12.5. The fourth-order valence-electron chi connectivity index (χ4n) is 3.06. The highest BCUT2D eigenvalue weighted by molar-refractivity contribution is 7.90. The molecule has 158 valence electrons. The fourth-order valence-corrected chi connectivity index (χ4v) is 4.24. The topological polar surface area (TPSA) is 140 Å². The summed E-state index contributed by atoms with van der Waals surface area (Å²) in [6, 6.07) is 13.5. The van der Waals surface area contributed by atoms with Crippen molar-refractivity contribution in [1.82, 2.24) is 10.2 Å². The van der Waals surface area contributed by atoms with E-state index in [1.165, 1.54) is 30.3 Å². The average molecular weight is 440 g/mol. The maximum Gasteiger partial charge on any atom is 0.322 e. The summed E-state index contributed by atoms with van der Waals surface area (Å²) < 4.78 is 30.0. The van der Waals surface area contributed by atoms with Gasteiger partial charge in [0.2, 0.25) is 17.7 Å². The molecule has 1 fully saturated rings. The number of benzene rings is 2. The normalized spacial score (nSPS) is 14.1. The van der Waals surface area contributed by atoms with Gasteiger partial charge in [-0.15, -0.1) is 5.10 Å². The molecule has 1 aliphatic rings. The Morgan fingerprint density at radius 2 is 1.71 bits per heavy atom. The van der Waals surface area contributed by atoms with Crippen molar-refractivity contribution in [3.63, 3.8) is 0 Å². The summed E-state index contributed by atoms with van der Waals surface area (Å²) in [7, 11) is -3.68. The third-order valence-electron chi connectivity index (χ3n) is 4.52. The molecule has 0 atom stereocenters. The first-order chi connectivity index (χ1) is 14.8. The van der Waals surface area contributed by atoms with Gasteiger partial charge in [-0.05, 0) is 30.3 Å². The van der Waals surface area contributed by atoms with E-state index in [1.54, 1.807) is 24.3 Å². The Morgan fingerprint density at radius 3 is 2.42 bits per heavy atom. The van der Waals surface area contributed by atoms with Crippen molar-refractivity contribution < 1.29 is 27.2 Å². The van der Waals surface area contributed by atoms with Crippen LogP contribution in [0.1, 0.15) is 29.1 Å². The summed E-state index contributed by atoms with van der Waals surface area (Å²) in [4.78, 5) is 37.5. The van der Waals surface area contributed by atoms with E-state index in [-0.39, 0.29) is 47.0 Å². The van der Waals surface area contributed by atoms with Crippen LogP contribution in [0.4, 0.5) is 11.7 Å². The third kappa shape index (κ3) is 4.36. The molecule has 3 amide bonds. The smallest absolute Gasteiger partial charge is 0.322 e. The molecule has 2 aromatic carbocycles. The van der Waals surface area contributed by atoms with Gasteiger partial charge < -0.3 is 4.42 Å². The first-order valence-electron chi connectivity index (χ1n) is 9.21. The highest BCUT2D eigenvalue weighted by Gasteiger charge is 2.30. The van der Waals surface area contributed by atoms with E-state index in [4.69, 9.17) is 4.42 Å². The lowest BCUT2D eigenvalue weighted by Gasteiger charge is -2.14. The molecule has 0 unspecified atom stereocenters. The number of imide groups is 1. The van der Waals surface area contributed by atoms with E-state index in [0.29, 0.717) is 5.69 Å². The standard InChI is InChI=1S/C20H16N4O6S/c25-17-9-10-18(26)24(17)14-6-4-5-13(11-14)19(27)21-20-23-22-16(30-20)12-31(28,29)15-7-2-1-3-8-15/h1-8,11H,9-10,12H2,(H,21,23,27). The molecule has 2 heterocycles. The molecule has 1 saturated heterocycles. The van der Waals surface area contributed by atoms with E-state index in [1.807, 2.05) is 0 Å². The maximum absolute atomic E-state index is 12.5. The number of hydrogen-bond donors (Lipinski definition) is 1. The van der Waals surface area contributed by atoms with Crippen LogP contribution in [0, 0.1) is 0 Å². The lowest BCUT2D eigenvalue weighted by atomic mass is 10.2. The van der Waals surface area contributed by atoms with Gasteiger partial charge in [0.15, 0.2) is 9.84 Å². The van der Waals surface area contributed by atoms with Crippen molar-refractivity contribution in [2.24, 2.45) is 0 Å². The number of hydrogen-bond acceptors (Lipinski definition) is 8. The largest absolute Gasteiger partial charge is 0.407 e. The molecule has 4 rings (SSSR count). The molecule has 0 radical (unpaired) electrons. The van der Waals surface area contributed by atoms with Crippen LogP contribution in [0.3, 0.4) is 0 Å². The fraction of sp³-hybridized carbons (Fsp3) is 0.150. The Bertz CT molecular complexity index is 1250. The predicted molar refractivity (Wildman–Crippen MR) is 108 cm³/mol. The van der Waals surface area contributed by atoms with Gasteiger partial charge in [-0.1, -0.05) is 29.4 Å². The molecule has 10 nitrogen and oxygen atoms in total. The summed E-state index contributed by atoms with van der Waals surface area (Å²) in [6.45, 7) is 0. The molecule has 0 bridgehead atoms. The van der Waals surface area contributed by atoms with Crippen LogP contribution in [-0.4, -0.2) is 36.3 Å². The second-order valence-corrected chi connectivity index (χ2v) is 8.69. The van der Waals surface area contributed by atoms with Gasteiger partial charge in [0.1, 0.15) is 5.75 Å². The monoisotopic (exact) mass is 440 g/mol. The average Bonchev–Trinajstić information content (AvgIpc) is 3.33. The number of carbonyl (C=O) groups excluding carboxylic acids is 3. The Morgan fingerprint density at radius 1 is 1.00 bits per heavy atom. The molecule has 1 aromatic heterocycles. The number of rotatable bonds is 6. The summed E-state index contributed by atoms with van der Waals surface area (Å²) in [6.07, 6.45) is 0.262. The van der Waals surface area contributed by atoms with Crippen LogP contribution < -0.4 is 10.2 Å². The summed E-state index contributed by atoms with van der Waals surface area (Å²) in [5, 5.41) is 9.70. The van der Waals surface area contributed by atoms with Gasteiger partial charge in [0, 0.05) is 18.4 Å². The van der Waals surface area contributed by atoms with E-state index < -0.39 is 21.5 Å². The molecular formula is C20H16N4O6S. The van der Waals surface area contributed by atoms with E-state index >= 15 is 0 Å². The predicted octanol–water partition coefficient (Wildman–Crippen LogP) is 1.95. The van der Waals surface area contributed by atoms with Gasteiger partial charge in [-0.2, -0.15) is 0 Å². The Kier molecular flexibility index (Phi) is 5.34. The summed E-state index contributed by atoms with van der Waals surface area (Å²) >= 11 is 0. The first-order valence-corrected chi connectivity index (χ1v) is 10.9. The minimum absolute atomic E-state index is 0.113. The van der Waals surface area contributed by atoms with Crippen LogP contribution in [0.5, 0.6) is 0 Å². The van der Waals surface area contributed by atoms with Crippen molar-refractivity contribution in [2.75, 3.05) is 10.2 Å². The van der Waals surface area contributed by atoms with Gasteiger partial charge in [0.05, 0.1) is 10.6 Å². The third-order valence-corrected chi connectivity index (χ3v) is 6.14. The molecule has 1 N–H and O–H groups in total. The van der Waals surface area contributed by atoms with Crippen molar-refractivity contribution in [1.29, 1.82) is 0 Å². The highest BCUT2D eigenvalue weighted by atomic mass is 32.2. The van der Waals surface area contributed by atoms with Crippen LogP contribution >= 0.6 is 0 Å². The molecule has 3 aromatic rings. The van der Waals surface area contributed by atoms with Gasteiger partial charge in [-0.3, -0.25) is 24.6 Å². The number of amides is 3. The Hall–Kier alpha value is -3.86. The van der Waals surface area contributed by atoms with Gasteiger partial charge >= 0.3 is 6.01 Å². The molecule has 11 heteroatoms. The van der Waals surface area contributed by atoms with E-state index in [0.717, 1.165) is 4.90 Å². The summed E-state index contributed by atoms with van der Waals surface area (Å²) in [5.41, 5.74) is 0.446. The lowest BCUT2D eigenvalue weighted by molar-refractivity contribution is -0.121. The zero-order chi connectivity index (χ0) is 22.0. The van der Waals surface area contributed by atoms with Crippen LogP contribution in [0.2, 0.25) is 0 Å². The molecule has 0 saturated carbocycles. The molecule has 0 aliphatic carbocycles. The van der Waals surface area contributed by atoms with Crippen LogP contribution in [0.25, 0.3) is 0 Å². The second kappa shape index (κ2) is 8.11. The molecular weight excluding hydrogens is 424 g/mol. The molecule has 0 spiro atoms. The first kappa shape index (κ1) is 20.4. The van der Waals surface area contributed by atoms with Gasteiger partial charge in [-0.25, -0.2) is 8.42 Å². The van der Waals surface area contributed by atoms with Crippen molar-refractivity contribution >= 4 is 39.3 Å². The zero-order valence-electron chi connectivity index (χ0n) is 16.0. The second-order valence-electron chi connectivity index (χ2n) is 6.70. The van der Waals surface area contributed by atoms with Crippen LogP contribution in [-0.2, 0) is 25.2 Å². The number of nitrogens with zero attached hydrogens (tertiary/aromatic N) is 3. The minimum Gasteiger partial charge on any atom is -0.407 e. The van der Waals surface area contributed by atoms with Crippen LogP contribution in [0.15, 0.2) is 63.9 Å². The Balaban J connectivity index is 1.47. The van der Waals surface area contributed by atoms with E-state index in [9.17, 15) is 22.8 Å². The highest BCUT2D eigenvalue weighted by Crippen LogP contribution is 2.24. The quantitative estimate of drug-likeness (QED) is 0.574. The summed E-state index contributed by atoms with van der Waals surface area (Å²) in [5.74, 6) is -1.98. The van der Waals surface area contributed by atoms with Gasteiger partial charge in [0.25, 0.3) is 5.91 Å². The van der Waals surface area contributed by atoms with Crippen molar-refractivity contribution in [3.8, 4) is 0 Å². The number of carbonyl (C=O) groups is 3. The molecule has 31 heavy (non-hydrogen) atoms. The van der Waals surface area contributed by atoms with Crippen molar-refractivity contribution in [3.05, 3.63) is 66.1 Å². The zero-order valence-corrected chi connectivity index (χ0v) is 16.8. The Labute approximate surface area is 176 Å². The minimum atomic E-state index is -3.68. The number of anilines is 2. The lowest BCUT2D eigenvalue weighted by Crippen LogP contribution is -2.28. The number of nitrogens with one attached hydrogen (secondary N) is 1. The number of sulfone groups is 1. The number of aromatic nitrogens is 2. The molecule has 1 aliphatic heterocycles.